The maximum atomic E-state index is 3.79. The lowest BCUT2D eigenvalue weighted by atomic mass is 9.80. The Labute approximate surface area is 123 Å². The lowest BCUT2D eigenvalue weighted by Crippen LogP contribution is -2.60. The van der Waals surface area contributed by atoms with Gasteiger partial charge in [0, 0.05) is 24.2 Å². The molecular weight excluding hydrogens is 252 g/mol. The van der Waals surface area contributed by atoms with Crippen LogP contribution in [-0.2, 0) is 0 Å². The summed E-state index contributed by atoms with van der Waals surface area (Å²) in [4.78, 5) is 2.98. The van der Waals surface area contributed by atoms with E-state index in [1.807, 2.05) is 0 Å². The molecule has 110 valence electrons. The maximum Gasteiger partial charge on any atom is 0.0117 e. The minimum absolute atomic E-state index is 0.810. The second-order valence-corrected chi connectivity index (χ2v) is 7.88. The van der Waals surface area contributed by atoms with Crippen LogP contribution >= 0.6 is 11.8 Å². The van der Waals surface area contributed by atoms with Crippen molar-refractivity contribution in [3.63, 3.8) is 0 Å². The van der Waals surface area contributed by atoms with Crippen LogP contribution in [0.1, 0.15) is 58.3 Å². The first-order valence-electron chi connectivity index (χ1n) is 8.47. The van der Waals surface area contributed by atoms with Crippen molar-refractivity contribution >= 4 is 11.8 Å². The fourth-order valence-electron chi connectivity index (χ4n) is 4.51. The fourth-order valence-corrected chi connectivity index (χ4v) is 5.59. The number of piperidine rings is 2. The molecule has 19 heavy (non-hydrogen) atoms. The molecule has 3 rings (SSSR count). The topological polar surface area (TPSA) is 15.3 Å². The van der Waals surface area contributed by atoms with Gasteiger partial charge in [0.2, 0.25) is 0 Å². The summed E-state index contributed by atoms with van der Waals surface area (Å²) in [5.41, 5.74) is 0. The van der Waals surface area contributed by atoms with Crippen LogP contribution < -0.4 is 5.32 Å². The number of hydrogen-bond acceptors (Lipinski definition) is 3. The molecule has 3 heterocycles. The highest BCUT2D eigenvalue weighted by Gasteiger charge is 2.41. The summed E-state index contributed by atoms with van der Waals surface area (Å²) < 4.78 is 0. The van der Waals surface area contributed by atoms with Crippen LogP contribution in [0.3, 0.4) is 0 Å². The van der Waals surface area contributed by atoms with Crippen molar-refractivity contribution < 1.29 is 0 Å². The van der Waals surface area contributed by atoms with E-state index in [0.717, 1.165) is 24.2 Å². The van der Waals surface area contributed by atoms with E-state index in [1.165, 1.54) is 69.4 Å². The van der Waals surface area contributed by atoms with Gasteiger partial charge in [-0.15, -0.1) is 0 Å². The fraction of sp³-hybridized carbons (Fsp3) is 1.00. The Kier molecular flexibility index (Phi) is 5.10. The summed E-state index contributed by atoms with van der Waals surface area (Å²) in [6.45, 7) is 3.49. The summed E-state index contributed by atoms with van der Waals surface area (Å²) in [5.74, 6) is 2.80. The van der Waals surface area contributed by atoms with E-state index in [0.29, 0.717) is 0 Å². The van der Waals surface area contributed by atoms with E-state index >= 15 is 0 Å². The summed E-state index contributed by atoms with van der Waals surface area (Å²) in [5, 5.41) is 3.79. The van der Waals surface area contributed by atoms with Gasteiger partial charge in [0.15, 0.2) is 0 Å². The smallest absolute Gasteiger partial charge is 0.0117 e. The third kappa shape index (κ3) is 3.30. The molecule has 0 aromatic rings. The molecule has 2 unspecified atom stereocenters. The second-order valence-electron chi connectivity index (χ2n) is 6.65. The lowest BCUT2D eigenvalue weighted by molar-refractivity contribution is -0.0133. The number of hydrogen-bond donors (Lipinski definition) is 1. The van der Waals surface area contributed by atoms with Crippen molar-refractivity contribution in [1.29, 1.82) is 0 Å². The Morgan fingerprint density at radius 2 is 1.68 bits per heavy atom. The minimum Gasteiger partial charge on any atom is -0.314 e. The Morgan fingerprint density at radius 1 is 1.00 bits per heavy atom. The van der Waals surface area contributed by atoms with E-state index in [2.05, 4.69) is 28.9 Å². The van der Waals surface area contributed by atoms with Crippen LogP contribution in [-0.4, -0.2) is 47.1 Å². The number of nitrogens with one attached hydrogen (secondary N) is 1. The molecule has 1 N–H and O–H groups in total. The molecule has 2 nitrogen and oxygen atoms in total. The Balaban J connectivity index is 1.62. The summed E-state index contributed by atoms with van der Waals surface area (Å²) in [7, 11) is 0. The zero-order valence-electron chi connectivity index (χ0n) is 12.4. The first-order chi connectivity index (χ1) is 9.38. The van der Waals surface area contributed by atoms with Gasteiger partial charge in [0.25, 0.3) is 0 Å². The van der Waals surface area contributed by atoms with Crippen molar-refractivity contribution in [3.05, 3.63) is 0 Å². The summed E-state index contributed by atoms with van der Waals surface area (Å²) in [6, 6.07) is 3.53. The standard InChI is InChI=1S/C16H30N2S/c1-2-8-17-13-11-15-4-3-5-16(12-13)18(15)14-6-9-19-10-7-14/h13-17H,2-12H2,1H3. The molecule has 0 aromatic carbocycles. The molecule has 0 aliphatic carbocycles. The van der Waals surface area contributed by atoms with Gasteiger partial charge in [-0.2, -0.15) is 11.8 Å². The monoisotopic (exact) mass is 282 g/mol. The van der Waals surface area contributed by atoms with Crippen LogP contribution in [0.2, 0.25) is 0 Å². The number of nitrogens with zero attached hydrogens (tertiary/aromatic N) is 1. The molecule has 3 aliphatic heterocycles. The quantitative estimate of drug-likeness (QED) is 0.852. The molecule has 3 heteroatoms. The predicted molar refractivity (Wildman–Crippen MR) is 84.9 cm³/mol. The average molecular weight is 282 g/mol. The van der Waals surface area contributed by atoms with Crippen molar-refractivity contribution in [1.82, 2.24) is 10.2 Å². The molecule has 0 spiro atoms. The van der Waals surface area contributed by atoms with Crippen molar-refractivity contribution in [2.24, 2.45) is 0 Å². The number of rotatable bonds is 4. The SMILES string of the molecule is CCCNC1CC2CCCC(C1)N2C1CCSCC1. The molecule has 3 fully saturated rings. The van der Waals surface area contributed by atoms with Gasteiger partial charge in [-0.3, -0.25) is 4.90 Å². The molecule has 0 amide bonds. The van der Waals surface area contributed by atoms with Gasteiger partial charge in [0.1, 0.15) is 0 Å². The van der Waals surface area contributed by atoms with Crippen molar-refractivity contribution in [2.75, 3.05) is 18.1 Å². The Hall–Kier alpha value is 0.270. The van der Waals surface area contributed by atoms with Gasteiger partial charge in [-0.05, 0) is 63.0 Å². The second kappa shape index (κ2) is 6.82. The van der Waals surface area contributed by atoms with Gasteiger partial charge < -0.3 is 5.32 Å². The van der Waals surface area contributed by atoms with Crippen LogP contribution in [0.25, 0.3) is 0 Å². The Bertz CT molecular complexity index is 264. The average Bonchev–Trinajstić information content (AvgIpc) is 2.45. The van der Waals surface area contributed by atoms with Gasteiger partial charge in [0.05, 0.1) is 0 Å². The van der Waals surface area contributed by atoms with Crippen molar-refractivity contribution in [2.45, 2.75) is 82.5 Å². The zero-order valence-corrected chi connectivity index (χ0v) is 13.3. The van der Waals surface area contributed by atoms with E-state index in [4.69, 9.17) is 0 Å². The highest BCUT2D eigenvalue weighted by molar-refractivity contribution is 7.99. The maximum absolute atomic E-state index is 3.79. The van der Waals surface area contributed by atoms with Gasteiger partial charge in [-0.1, -0.05) is 13.3 Å². The third-order valence-electron chi connectivity index (χ3n) is 5.33. The molecule has 2 bridgehead atoms. The molecular formula is C16H30N2S. The zero-order chi connectivity index (χ0) is 13.1. The largest absolute Gasteiger partial charge is 0.314 e. The molecule has 3 saturated heterocycles. The van der Waals surface area contributed by atoms with Crippen LogP contribution in [0.5, 0.6) is 0 Å². The molecule has 2 atom stereocenters. The first-order valence-corrected chi connectivity index (χ1v) is 9.62. The van der Waals surface area contributed by atoms with Crippen LogP contribution in [0, 0.1) is 0 Å². The summed E-state index contributed by atoms with van der Waals surface area (Å²) >= 11 is 2.16. The number of fused-ring (bicyclic) bond motifs is 2. The highest BCUT2D eigenvalue weighted by atomic mass is 32.2. The third-order valence-corrected chi connectivity index (χ3v) is 6.38. The number of thioether (sulfide) groups is 1. The van der Waals surface area contributed by atoms with E-state index in [9.17, 15) is 0 Å². The molecule has 0 aromatic heterocycles. The molecule has 3 aliphatic rings. The van der Waals surface area contributed by atoms with Crippen LogP contribution in [0.15, 0.2) is 0 Å². The van der Waals surface area contributed by atoms with Gasteiger partial charge >= 0.3 is 0 Å². The normalized spacial score (nSPS) is 37.4. The lowest BCUT2D eigenvalue weighted by Gasteiger charge is -2.53. The molecule has 0 radical (unpaired) electrons. The predicted octanol–water partition coefficient (Wildman–Crippen LogP) is 3.27. The van der Waals surface area contributed by atoms with Crippen molar-refractivity contribution in [3.8, 4) is 0 Å². The first kappa shape index (κ1) is 14.2. The highest BCUT2D eigenvalue weighted by Crippen LogP contribution is 2.38. The minimum atomic E-state index is 0.810. The van der Waals surface area contributed by atoms with Crippen LogP contribution in [0.4, 0.5) is 0 Å². The Morgan fingerprint density at radius 3 is 2.32 bits per heavy atom. The molecule has 0 saturated carbocycles. The van der Waals surface area contributed by atoms with E-state index < -0.39 is 0 Å². The summed E-state index contributed by atoms with van der Waals surface area (Å²) in [6.07, 6.45) is 11.4. The van der Waals surface area contributed by atoms with E-state index in [1.54, 1.807) is 0 Å². The van der Waals surface area contributed by atoms with E-state index in [-0.39, 0.29) is 0 Å². The van der Waals surface area contributed by atoms with Gasteiger partial charge in [-0.25, -0.2) is 0 Å².